The summed E-state index contributed by atoms with van der Waals surface area (Å²) in [5.74, 6) is 5.41. The van der Waals surface area contributed by atoms with Gasteiger partial charge in [0.05, 0.1) is 0 Å². The molecule has 0 amide bonds. The fraction of sp³-hybridized carbons (Fsp3) is 0.778. The Labute approximate surface area is 176 Å². The van der Waals surface area contributed by atoms with Gasteiger partial charge >= 0.3 is 0 Å². The van der Waals surface area contributed by atoms with Gasteiger partial charge in [0.25, 0.3) is 0 Å². The van der Waals surface area contributed by atoms with E-state index in [0.717, 1.165) is 41.7 Å². The second-order valence-electron chi connectivity index (χ2n) is 12.7. The Balaban J connectivity index is 1.37. The third-order valence-corrected chi connectivity index (χ3v) is 15.8. The van der Waals surface area contributed by atoms with Gasteiger partial charge in [0, 0.05) is 16.5 Å². The summed E-state index contributed by atoms with van der Waals surface area (Å²) in [5.41, 5.74) is 1.38. The van der Waals surface area contributed by atoms with Gasteiger partial charge in [-0.3, -0.25) is 0 Å². The van der Waals surface area contributed by atoms with Gasteiger partial charge in [-0.1, -0.05) is 30.3 Å². The average molecular weight is 409 g/mol. The summed E-state index contributed by atoms with van der Waals surface area (Å²) in [6, 6.07) is 11.1. The SMILES string of the molecule is O=P(Cc1ccccc1)(C12CC3CC(CC(C3)C1)C2)C12CC3CC(CC(C3)C1)C2. The van der Waals surface area contributed by atoms with E-state index in [0.29, 0.717) is 0 Å². The third-order valence-electron chi connectivity index (χ3n) is 10.8. The van der Waals surface area contributed by atoms with Gasteiger partial charge in [-0.25, -0.2) is 0 Å². The average Bonchev–Trinajstić information content (AvgIpc) is 2.66. The van der Waals surface area contributed by atoms with Crippen LogP contribution < -0.4 is 0 Å². The Morgan fingerprint density at radius 1 is 0.621 bits per heavy atom. The molecule has 8 saturated carbocycles. The van der Waals surface area contributed by atoms with Crippen molar-refractivity contribution in [3.05, 3.63) is 35.9 Å². The second kappa shape index (κ2) is 6.03. The van der Waals surface area contributed by atoms with Gasteiger partial charge in [-0.2, -0.15) is 0 Å². The topological polar surface area (TPSA) is 17.1 Å². The lowest BCUT2D eigenvalue weighted by Gasteiger charge is -2.67. The van der Waals surface area contributed by atoms with Crippen LogP contribution in [0.3, 0.4) is 0 Å². The quantitative estimate of drug-likeness (QED) is 0.472. The molecule has 0 spiro atoms. The first-order chi connectivity index (χ1) is 14.0. The Morgan fingerprint density at radius 3 is 1.31 bits per heavy atom. The standard InChI is InChI=1S/C27H37OP/c28-29(18-19-4-2-1-3-5-19,26-12-20-6-21(13-26)8-22(7-20)14-26)27-15-23-9-24(16-27)11-25(10-23)17-27/h1-5,20-25H,6-18H2. The van der Waals surface area contributed by atoms with E-state index in [1.807, 2.05) is 0 Å². The number of hydrogen-bond donors (Lipinski definition) is 0. The molecule has 0 radical (unpaired) electrons. The van der Waals surface area contributed by atoms with E-state index in [1.54, 1.807) is 0 Å². The molecule has 8 fully saturated rings. The molecule has 9 rings (SSSR count). The minimum Gasteiger partial charge on any atom is -0.322 e. The van der Waals surface area contributed by atoms with Crippen LogP contribution in [0, 0.1) is 35.5 Å². The van der Waals surface area contributed by atoms with E-state index in [9.17, 15) is 0 Å². The molecule has 156 valence electrons. The van der Waals surface area contributed by atoms with E-state index >= 15 is 4.57 Å². The van der Waals surface area contributed by atoms with Crippen molar-refractivity contribution in [2.45, 2.75) is 93.5 Å². The minimum atomic E-state index is -2.34. The molecule has 0 unspecified atom stereocenters. The summed E-state index contributed by atoms with van der Waals surface area (Å²) in [6.07, 6.45) is 17.7. The van der Waals surface area contributed by atoms with Gasteiger partial charge in [0.1, 0.15) is 7.14 Å². The molecule has 8 aliphatic carbocycles. The van der Waals surface area contributed by atoms with E-state index in [4.69, 9.17) is 0 Å². The van der Waals surface area contributed by atoms with Crippen LogP contribution in [0.5, 0.6) is 0 Å². The molecule has 8 bridgehead atoms. The monoisotopic (exact) mass is 408 g/mol. The Bertz CT molecular complexity index is 736. The fourth-order valence-corrected chi connectivity index (χ4v) is 16.4. The van der Waals surface area contributed by atoms with Crippen LogP contribution in [-0.2, 0) is 10.7 Å². The maximum Gasteiger partial charge on any atom is 0.104 e. The highest BCUT2D eigenvalue weighted by Crippen LogP contribution is 2.83. The minimum absolute atomic E-state index is 0.212. The fourth-order valence-electron chi connectivity index (χ4n) is 10.7. The van der Waals surface area contributed by atoms with Crippen molar-refractivity contribution in [2.75, 3.05) is 0 Å². The Morgan fingerprint density at radius 2 is 0.966 bits per heavy atom. The number of benzene rings is 1. The van der Waals surface area contributed by atoms with E-state index in [-0.39, 0.29) is 10.3 Å². The van der Waals surface area contributed by atoms with Crippen molar-refractivity contribution < 1.29 is 4.57 Å². The predicted molar refractivity (Wildman–Crippen MR) is 120 cm³/mol. The van der Waals surface area contributed by atoms with Crippen LogP contribution in [0.1, 0.15) is 82.6 Å². The lowest BCUT2D eigenvalue weighted by atomic mass is 9.55. The number of hydrogen-bond acceptors (Lipinski definition) is 1. The van der Waals surface area contributed by atoms with Crippen molar-refractivity contribution >= 4 is 7.14 Å². The highest BCUT2D eigenvalue weighted by atomic mass is 31.2. The normalized spacial score (nSPS) is 51.3. The molecule has 1 aromatic carbocycles. The molecule has 1 aromatic rings. The molecular weight excluding hydrogens is 371 g/mol. The maximum atomic E-state index is 15.9. The van der Waals surface area contributed by atoms with Gasteiger partial charge in [0.15, 0.2) is 0 Å². The maximum absolute atomic E-state index is 15.9. The van der Waals surface area contributed by atoms with Crippen molar-refractivity contribution in [2.24, 2.45) is 35.5 Å². The first kappa shape index (κ1) is 18.1. The largest absolute Gasteiger partial charge is 0.322 e. The molecule has 0 N–H and O–H groups in total. The van der Waals surface area contributed by atoms with Gasteiger partial charge < -0.3 is 4.57 Å². The molecule has 0 heterocycles. The molecular formula is C27H37OP. The molecule has 2 heteroatoms. The van der Waals surface area contributed by atoms with Crippen molar-refractivity contribution in [1.82, 2.24) is 0 Å². The van der Waals surface area contributed by atoms with Crippen LogP contribution in [0.15, 0.2) is 30.3 Å². The lowest BCUT2D eigenvalue weighted by Crippen LogP contribution is -2.58. The molecule has 0 aliphatic heterocycles. The van der Waals surface area contributed by atoms with Gasteiger partial charge in [-0.15, -0.1) is 0 Å². The van der Waals surface area contributed by atoms with E-state index in [2.05, 4.69) is 30.3 Å². The second-order valence-corrected chi connectivity index (χ2v) is 16.4. The van der Waals surface area contributed by atoms with Crippen molar-refractivity contribution in [3.8, 4) is 0 Å². The zero-order valence-electron chi connectivity index (χ0n) is 17.9. The van der Waals surface area contributed by atoms with Crippen molar-refractivity contribution in [3.63, 3.8) is 0 Å². The summed E-state index contributed by atoms with van der Waals surface area (Å²) in [5, 5.41) is 0.423. The predicted octanol–water partition coefficient (Wildman–Crippen LogP) is 7.49. The number of rotatable bonds is 4. The highest BCUT2D eigenvalue weighted by Gasteiger charge is 2.68. The Hall–Kier alpha value is -0.550. The van der Waals surface area contributed by atoms with Crippen LogP contribution in [0.25, 0.3) is 0 Å². The van der Waals surface area contributed by atoms with E-state index in [1.165, 1.54) is 82.6 Å². The van der Waals surface area contributed by atoms with Gasteiger partial charge in [0.2, 0.25) is 0 Å². The van der Waals surface area contributed by atoms with Gasteiger partial charge in [-0.05, 0) is 118 Å². The summed E-state index contributed by atoms with van der Waals surface area (Å²) in [7, 11) is -2.34. The Kier molecular flexibility index (Phi) is 3.75. The molecule has 0 saturated heterocycles. The summed E-state index contributed by atoms with van der Waals surface area (Å²) < 4.78 is 15.9. The molecule has 0 aromatic heterocycles. The molecule has 0 atom stereocenters. The molecule has 8 aliphatic rings. The molecule has 29 heavy (non-hydrogen) atoms. The highest BCUT2D eigenvalue weighted by molar-refractivity contribution is 7.66. The lowest BCUT2D eigenvalue weighted by molar-refractivity contribution is 0.0131. The van der Waals surface area contributed by atoms with E-state index < -0.39 is 7.14 Å². The summed E-state index contributed by atoms with van der Waals surface area (Å²) >= 11 is 0. The van der Waals surface area contributed by atoms with Crippen LogP contribution in [-0.4, -0.2) is 10.3 Å². The van der Waals surface area contributed by atoms with Crippen LogP contribution in [0.2, 0.25) is 0 Å². The van der Waals surface area contributed by atoms with Crippen LogP contribution >= 0.6 is 7.14 Å². The molecule has 1 nitrogen and oxygen atoms in total. The first-order valence-corrected chi connectivity index (χ1v) is 14.6. The first-order valence-electron chi connectivity index (χ1n) is 12.7. The third kappa shape index (κ3) is 2.49. The van der Waals surface area contributed by atoms with Crippen molar-refractivity contribution in [1.29, 1.82) is 0 Å². The summed E-state index contributed by atoms with van der Waals surface area (Å²) in [6.45, 7) is 0. The smallest absolute Gasteiger partial charge is 0.104 e. The summed E-state index contributed by atoms with van der Waals surface area (Å²) in [4.78, 5) is 0. The zero-order valence-corrected chi connectivity index (χ0v) is 18.8. The van der Waals surface area contributed by atoms with Crippen LogP contribution in [0.4, 0.5) is 0 Å². The zero-order chi connectivity index (χ0) is 19.3.